The number of rotatable bonds is 6. The van der Waals surface area contributed by atoms with Crippen LogP contribution in [0.4, 0.5) is 5.69 Å². The van der Waals surface area contributed by atoms with Crippen molar-refractivity contribution in [2.45, 2.75) is 52.3 Å². The van der Waals surface area contributed by atoms with Gasteiger partial charge in [-0.25, -0.2) is 0 Å². The van der Waals surface area contributed by atoms with Crippen LogP contribution in [0, 0.1) is 5.92 Å². The third-order valence-corrected chi connectivity index (χ3v) is 6.57. The van der Waals surface area contributed by atoms with Crippen LogP contribution in [-0.2, 0) is 16.1 Å². The minimum absolute atomic E-state index is 0.0524. The Balaban J connectivity index is 1.92. The summed E-state index contributed by atoms with van der Waals surface area (Å²) in [6, 6.07) is 15.7. The molecular formula is C28H39N3O4. The predicted octanol–water partition coefficient (Wildman–Crippen LogP) is 4.43. The SMILES string of the molecule is CCCC(=O)Nc1ccc2c(c1)OC[C@H](C)N(Cc1ccccc1)C[C@@H](C)[C@H](OC)CN(C)C2=O. The zero-order chi connectivity index (χ0) is 25.4. The zero-order valence-corrected chi connectivity index (χ0v) is 21.6. The normalized spacial score (nSPS) is 21.9. The third kappa shape index (κ3) is 7.29. The standard InChI is InChI=1S/C28H39N3O4/c1-6-10-27(32)29-23-13-14-24-25(15-23)35-19-21(3)31(17-22-11-8-7-9-12-22)16-20(2)26(34-5)18-30(4)28(24)33/h7-9,11-15,20-21,26H,6,10,16-19H2,1-5H3,(H,29,32)/t20-,21+,26-/m1/s1. The van der Waals surface area contributed by atoms with Gasteiger partial charge in [0.15, 0.2) is 0 Å². The van der Waals surface area contributed by atoms with E-state index in [2.05, 4.69) is 48.3 Å². The zero-order valence-electron chi connectivity index (χ0n) is 21.6. The predicted molar refractivity (Wildman–Crippen MR) is 139 cm³/mol. The summed E-state index contributed by atoms with van der Waals surface area (Å²) in [5.74, 6) is 0.500. The molecule has 190 valence electrons. The van der Waals surface area contributed by atoms with Gasteiger partial charge in [0.05, 0.1) is 11.7 Å². The van der Waals surface area contributed by atoms with Crippen LogP contribution in [0.25, 0.3) is 0 Å². The third-order valence-electron chi connectivity index (χ3n) is 6.57. The van der Waals surface area contributed by atoms with E-state index in [9.17, 15) is 9.59 Å². The molecule has 7 heteroatoms. The lowest BCUT2D eigenvalue weighted by molar-refractivity contribution is -0.116. The lowest BCUT2D eigenvalue weighted by atomic mass is 10.0. The second-order valence-electron chi connectivity index (χ2n) is 9.52. The summed E-state index contributed by atoms with van der Waals surface area (Å²) in [6.45, 7) is 8.76. The number of ether oxygens (including phenoxy) is 2. The van der Waals surface area contributed by atoms with Gasteiger partial charge in [0, 0.05) is 58.0 Å². The number of anilines is 1. The molecule has 3 rings (SSSR count). The molecule has 0 fully saturated rings. The summed E-state index contributed by atoms with van der Waals surface area (Å²) in [7, 11) is 3.50. The van der Waals surface area contributed by atoms with E-state index >= 15 is 0 Å². The summed E-state index contributed by atoms with van der Waals surface area (Å²) >= 11 is 0. The minimum atomic E-state index is -0.130. The summed E-state index contributed by atoms with van der Waals surface area (Å²) in [6.07, 6.45) is 1.11. The lowest BCUT2D eigenvalue weighted by Crippen LogP contribution is -2.46. The van der Waals surface area contributed by atoms with Crippen molar-refractivity contribution in [2.75, 3.05) is 39.2 Å². The van der Waals surface area contributed by atoms with Gasteiger partial charge < -0.3 is 19.7 Å². The first-order valence-corrected chi connectivity index (χ1v) is 12.4. The molecule has 0 radical (unpaired) electrons. The number of likely N-dealkylation sites (N-methyl/N-ethyl adjacent to an activating group) is 1. The molecular weight excluding hydrogens is 442 g/mol. The summed E-state index contributed by atoms with van der Waals surface area (Å²) in [4.78, 5) is 29.6. The highest BCUT2D eigenvalue weighted by atomic mass is 16.5. The fraction of sp³-hybridized carbons (Fsp3) is 0.500. The van der Waals surface area contributed by atoms with Gasteiger partial charge in [-0.15, -0.1) is 0 Å². The smallest absolute Gasteiger partial charge is 0.257 e. The highest BCUT2D eigenvalue weighted by Gasteiger charge is 2.28. The largest absolute Gasteiger partial charge is 0.491 e. The molecule has 1 aliphatic rings. The molecule has 0 aliphatic carbocycles. The van der Waals surface area contributed by atoms with Crippen LogP contribution in [0.5, 0.6) is 5.75 Å². The average molecular weight is 482 g/mol. The van der Waals surface area contributed by atoms with Crippen LogP contribution in [-0.4, -0.2) is 67.6 Å². The molecule has 1 heterocycles. The van der Waals surface area contributed by atoms with E-state index in [1.807, 2.05) is 13.0 Å². The van der Waals surface area contributed by atoms with E-state index < -0.39 is 0 Å². The van der Waals surface area contributed by atoms with Gasteiger partial charge in [-0.2, -0.15) is 0 Å². The Kier molecular flexibility index (Phi) is 9.69. The molecule has 0 unspecified atom stereocenters. The van der Waals surface area contributed by atoms with Gasteiger partial charge in [0.25, 0.3) is 5.91 Å². The van der Waals surface area contributed by atoms with Gasteiger partial charge in [-0.3, -0.25) is 14.5 Å². The van der Waals surface area contributed by atoms with Crippen LogP contribution >= 0.6 is 0 Å². The number of amides is 2. The van der Waals surface area contributed by atoms with Crippen molar-refractivity contribution < 1.29 is 19.1 Å². The van der Waals surface area contributed by atoms with Crippen molar-refractivity contribution in [1.82, 2.24) is 9.80 Å². The first-order valence-electron chi connectivity index (χ1n) is 12.4. The number of benzene rings is 2. The highest BCUT2D eigenvalue weighted by Crippen LogP contribution is 2.27. The van der Waals surface area contributed by atoms with Crippen molar-refractivity contribution in [2.24, 2.45) is 5.92 Å². The van der Waals surface area contributed by atoms with E-state index in [0.29, 0.717) is 36.6 Å². The number of methoxy groups -OCH3 is 1. The lowest BCUT2D eigenvalue weighted by Gasteiger charge is -2.36. The molecule has 2 aromatic rings. The van der Waals surface area contributed by atoms with Crippen molar-refractivity contribution in [3.8, 4) is 5.75 Å². The summed E-state index contributed by atoms with van der Waals surface area (Å²) < 4.78 is 12.1. The fourth-order valence-corrected chi connectivity index (χ4v) is 4.41. The Morgan fingerprint density at radius 1 is 1.14 bits per heavy atom. The maximum Gasteiger partial charge on any atom is 0.257 e. The van der Waals surface area contributed by atoms with Crippen molar-refractivity contribution >= 4 is 17.5 Å². The van der Waals surface area contributed by atoms with Gasteiger partial charge in [0.1, 0.15) is 12.4 Å². The highest BCUT2D eigenvalue weighted by molar-refractivity contribution is 5.98. The quantitative estimate of drug-likeness (QED) is 0.661. The molecule has 0 spiro atoms. The monoisotopic (exact) mass is 481 g/mol. The number of nitrogens with zero attached hydrogens (tertiary/aromatic N) is 2. The maximum atomic E-state index is 13.3. The van der Waals surface area contributed by atoms with E-state index in [0.717, 1.165) is 19.5 Å². The number of hydrogen-bond acceptors (Lipinski definition) is 5. The van der Waals surface area contributed by atoms with E-state index in [1.165, 1.54) is 5.56 Å². The Bertz CT molecular complexity index is 981. The van der Waals surface area contributed by atoms with Crippen molar-refractivity contribution in [3.05, 3.63) is 59.7 Å². The van der Waals surface area contributed by atoms with Gasteiger partial charge in [-0.1, -0.05) is 44.2 Å². The van der Waals surface area contributed by atoms with Crippen molar-refractivity contribution in [3.63, 3.8) is 0 Å². The number of carbonyl (C=O) groups is 2. The molecule has 0 aromatic heterocycles. The molecule has 35 heavy (non-hydrogen) atoms. The molecule has 7 nitrogen and oxygen atoms in total. The van der Waals surface area contributed by atoms with Crippen LogP contribution in [0.1, 0.15) is 49.5 Å². The Morgan fingerprint density at radius 3 is 2.57 bits per heavy atom. The molecule has 0 saturated heterocycles. The first-order chi connectivity index (χ1) is 16.8. The Morgan fingerprint density at radius 2 is 1.89 bits per heavy atom. The van der Waals surface area contributed by atoms with Gasteiger partial charge in [0.2, 0.25) is 5.91 Å². The number of hydrogen-bond donors (Lipinski definition) is 1. The summed E-state index contributed by atoms with van der Waals surface area (Å²) in [5, 5.41) is 2.91. The first kappa shape index (κ1) is 26.7. The number of carbonyl (C=O) groups excluding carboxylic acids is 2. The van der Waals surface area contributed by atoms with Crippen LogP contribution in [0.2, 0.25) is 0 Å². The second kappa shape index (κ2) is 12.7. The molecule has 0 saturated carbocycles. The summed E-state index contributed by atoms with van der Waals surface area (Å²) in [5.41, 5.74) is 2.34. The minimum Gasteiger partial charge on any atom is -0.491 e. The van der Waals surface area contributed by atoms with Crippen LogP contribution < -0.4 is 10.1 Å². The molecule has 0 bridgehead atoms. The second-order valence-corrected chi connectivity index (χ2v) is 9.52. The molecule has 1 N–H and O–H groups in total. The van der Waals surface area contributed by atoms with Gasteiger partial charge >= 0.3 is 0 Å². The fourth-order valence-electron chi connectivity index (χ4n) is 4.41. The number of nitrogens with one attached hydrogen (secondary N) is 1. The topological polar surface area (TPSA) is 71.1 Å². The van der Waals surface area contributed by atoms with Crippen LogP contribution in [0.3, 0.4) is 0 Å². The molecule has 2 aromatic carbocycles. The average Bonchev–Trinajstić information content (AvgIpc) is 2.85. The Hall–Kier alpha value is -2.90. The molecule has 3 atom stereocenters. The maximum absolute atomic E-state index is 13.3. The molecule has 2 amide bonds. The van der Waals surface area contributed by atoms with E-state index in [1.54, 1.807) is 37.3 Å². The van der Waals surface area contributed by atoms with Gasteiger partial charge in [-0.05, 0) is 37.0 Å². The number of fused-ring (bicyclic) bond motifs is 1. The molecule has 1 aliphatic heterocycles. The van der Waals surface area contributed by atoms with E-state index in [-0.39, 0.29) is 29.9 Å². The van der Waals surface area contributed by atoms with Crippen molar-refractivity contribution in [1.29, 1.82) is 0 Å². The van der Waals surface area contributed by atoms with E-state index in [4.69, 9.17) is 9.47 Å². The Labute approximate surface area is 209 Å². The van der Waals surface area contributed by atoms with Crippen LogP contribution in [0.15, 0.2) is 48.5 Å².